The van der Waals surface area contributed by atoms with Crippen molar-refractivity contribution in [1.29, 1.82) is 0 Å². The van der Waals surface area contributed by atoms with E-state index >= 15 is 0 Å². The zero-order valence-corrected chi connectivity index (χ0v) is 34.7. The van der Waals surface area contributed by atoms with Gasteiger partial charge in [-0.05, 0) is 82.2 Å². The molecule has 10 nitrogen and oxygen atoms in total. The van der Waals surface area contributed by atoms with Crippen molar-refractivity contribution in [1.82, 2.24) is 0 Å². The minimum Gasteiger partial charge on any atom is -0.460 e. The van der Waals surface area contributed by atoms with Crippen LogP contribution in [0.15, 0.2) is 36.0 Å². The van der Waals surface area contributed by atoms with Crippen molar-refractivity contribution in [2.75, 3.05) is 13.2 Å². The number of hydrogen-bond donors (Lipinski definition) is 1. The quantitative estimate of drug-likeness (QED) is 0.0447. The lowest BCUT2D eigenvalue weighted by Crippen LogP contribution is -2.46. The van der Waals surface area contributed by atoms with Gasteiger partial charge in [0.25, 0.3) is 0 Å². The third kappa shape index (κ3) is 14.6. The van der Waals surface area contributed by atoms with Crippen LogP contribution in [-0.4, -0.2) is 86.8 Å². The van der Waals surface area contributed by atoms with Gasteiger partial charge in [-0.1, -0.05) is 72.8 Å². The summed E-state index contributed by atoms with van der Waals surface area (Å²) in [6.45, 7) is 26.1. The molecule has 0 radical (unpaired) electrons. The molecule has 2 rings (SSSR count). The van der Waals surface area contributed by atoms with Crippen molar-refractivity contribution in [3.05, 3.63) is 36.0 Å². The van der Waals surface area contributed by atoms with Crippen molar-refractivity contribution >= 4 is 26.2 Å². The predicted octanol–water partition coefficient (Wildman–Crippen LogP) is 7.64. The summed E-state index contributed by atoms with van der Waals surface area (Å²) in [5.74, 6) is -1.18. The third-order valence-corrected chi connectivity index (χ3v) is 15.1. The SMILES string of the molecule is CCOCC(=O)OC(CC)C(C)C1OC1CC(C)C=CC=C(C)C1OC(=O)CC(O[Si](C)(C)C(C)(C)C)CCC(C)(O)C(OC(C)=O)/C=C\C1C. The summed E-state index contributed by atoms with van der Waals surface area (Å²) in [5, 5.41) is 11.4. The zero-order valence-electron chi connectivity index (χ0n) is 33.7. The molecule has 1 N–H and O–H groups in total. The number of carbonyl (C=O) groups excluding carboxylic acids is 3. The lowest BCUT2D eigenvalue weighted by atomic mass is 9.88. The Bertz CT molecular complexity index is 1230. The Balaban J connectivity index is 2.21. The highest BCUT2D eigenvalue weighted by Crippen LogP contribution is 2.39. The molecule has 0 bridgehead atoms. The molecule has 2 aliphatic heterocycles. The average Bonchev–Trinajstić information content (AvgIpc) is 3.79. The smallest absolute Gasteiger partial charge is 0.332 e. The molecule has 0 aromatic carbocycles. The van der Waals surface area contributed by atoms with Crippen LogP contribution in [0.3, 0.4) is 0 Å². The van der Waals surface area contributed by atoms with Crippen LogP contribution in [-0.2, 0) is 42.5 Å². The average molecular weight is 737 g/mol. The van der Waals surface area contributed by atoms with Gasteiger partial charge in [0.1, 0.15) is 30.5 Å². The van der Waals surface area contributed by atoms with E-state index in [2.05, 4.69) is 53.8 Å². The summed E-state index contributed by atoms with van der Waals surface area (Å²) in [4.78, 5) is 37.7. The van der Waals surface area contributed by atoms with Gasteiger partial charge in [-0.15, -0.1) is 0 Å². The first kappa shape index (κ1) is 44.8. The van der Waals surface area contributed by atoms with Gasteiger partial charge in [-0.2, -0.15) is 0 Å². The van der Waals surface area contributed by atoms with Gasteiger partial charge in [0.05, 0.1) is 24.7 Å². The largest absolute Gasteiger partial charge is 0.460 e. The molecule has 1 fully saturated rings. The van der Waals surface area contributed by atoms with Crippen molar-refractivity contribution in [3.8, 4) is 0 Å². The second-order valence-electron chi connectivity index (χ2n) is 16.4. The van der Waals surface area contributed by atoms with Gasteiger partial charge >= 0.3 is 17.9 Å². The minimum atomic E-state index is -2.26. The number of esters is 3. The van der Waals surface area contributed by atoms with Gasteiger partial charge < -0.3 is 33.2 Å². The van der Waals surface area contributed by atoms with E-state index in [0.29, 0.717) is 19.4 Å². The predicted molar refractivity (Wildman–Crippen MR) is 201 cm³/mol. The summed E-state index contributed by atoms with van der Waals surface area (Å²) >= 11 is 0. The summed E-state index contributed by atoms with van der Waals surface area (Å²) in [6, 6.07) is 0. The van der Waals surface area contributed by atoms with E-state index in [9.17, 15) is 19.5 Å². The first-order valence-electron chi connectivity index (χ1n) is 18.8. The Hall–Kier alpha value is -2.31. The number of allylic oxidation sites excluding steroid dienone is 3. The van der Waals surface area contributed by atoms with Crippen LogP contribution in [0.1, 0.15) is 108 Å². The number of ether oxygens (including phenoxy) is 5. The molecule has 0 spiro atoms. The van der Waals surface area contributed by atoms with E-state index in [0.717, 1.165) is 12.0 Å². The molecule has 51 heavy (non-hydrogen) atoms. The highest BCUT2D eigenvalue weighted by molar-refractivity contribution is 6.74. The van der Waals surface area contributed by atoms with Crippen molar-refractivity contribution in [3.63, 3.8) is 0 Å². The number of aliphatic hydroxyl groups is 1. The monoisotopic (exact) mass is 736 g/mol. The maximum absolute atomic E-state index is 13.5. The Morgan fingerprint density at radius 2 is 1.82 bits per heavy atom. The topological polar surface area (TPSA) is 130 Å². The molecule has 0 amide bonds. The van der Waals surface area contributed by atoms with Gasteiger partial charge in [-0.3, -0.25) is 9.59 Å². The number of carbonyl (C=O) groups is 3. The fourth-order valence-corrected chi connectivity index (χ4v) is 7.61. The second-order valence-corrected chi connectivity index (χ2v) is 21.1. The van der Waals surface area contributed by atoms with Crippen molar-refractivity contribution < 1.29 is 47.6 Å². The highest BCUT2D eigenvalue weighted by Gasteiger charge is 2.46. The molecule has 2 aliphatic rings. The molecule has 10 unspecified atom stereocenters. The van der Waals surface area contributed by atoms with E-state index < -0.39 is 38.2 Å². The standard InChI is InChI=1S/C40H68O10Si/c1-14-32(47-36(43)25-45-15-2)29(6)38-33(48-38)23-26(3)17-16-18-27(4)37-28(5)19-20-34(46-30(7)41)40(11,44)22-21-31(24-35(42)49-37)50-51(12,13)39(8,9)10/h16-20,26,28-29,31-34,37-38,44H,14-15,21-25H2,1-13H3/b17-16?,20-19-,27-18?. The van der Waals surface area contributed by atoms with Crippen LogP contribution in [0.2, 0.25) is 18.1 Å². The Kier molecular flexibility index (Phi) is 17.3. The molecule has 0 aromatic heterocycles. The number of rotatable bonds is 15. The molecular formula is C40H68O10Si. The fourth-order valence-electron chi connectivity index (χ4n) is 6.22. The molecule has 0 aromatic rings. The second kappa shape index (κ2) is 19.7. The number of cyclic esters (lactones) is 1. The van der Waals surface area contributed by atoms with Crippen LogP contribution in [0.4, 0.5) is 0 Å². The lowest BCUT2D eigenvalue weighted by Gasteiger charge is -2.40. The van der Waals surface area contributed by atoms with Crippen molar-refractivity contribution in [2.24, 2.45) is 17.8 Å². The summed E-state index contributed by atoms with van der Waals surface area (Å²) < 4.78 is 35.3. The normalized spacial score (nSPS) is 30.7. The lowest BCUT2D eigenvalue weighted by molar-refractivity contribution is -0.158. The first-order chi connectivity index (χ1) is 23.6. The summed E-state index contributed by atoms with van der Waals surface area (Å²) in [5.41, 5.74) is -0.514. The Morgan fingerprint density at radius 3 is 2.41 bits per heavy atom. The van der Waals surface area contributed by atoms with E-state index in [1.165, 1.54) is 6.92 Å². The van der Waals surface area contributed by atoms with Crippen LogP contribution >= 0.6 is 0 Å². The zero-order chi connectivity index (χ0) is 38.7. The van der Waals surface area contributed by atoms with E-state index in [-0.39, 0.29) is 72.5 Å². The molecule has 11 heteroatoms. The first-order valence-corrected chi connectivity index (χ1v) is 21.7. The van der Waals surface area contributed by atoms with Gasteiger partial charge in [0.15, 0.2) is 8.32 Å². The molecule has 0 saturated carbocycles. The minimum absolute atomic E-state index is 0.0345. The van der Waals surface area contributed by atoms with Gasteiger partial charge in [0.2, 0.25) is 0 Å². The highest BCUT2D eigenvalue weighted by atomic mass is 28.4. The van der Waals surface area contributed by atoms with E-state index in [1.807, 2.05) is 45.9 Å². The third-order valence-electron chi connectivity index (χ3n) is 10.6. The molecule has 0 aliphatic carbocycles. The summed E-state index contributed by atoms with van der Waals surface area (Å²) in [7, 11) is -2.26. The Labute approximate surface area is 308 Å². The van der Waals surface area contributed by atoms with Crippen LogP contribution < -0.4 is 0 Å². The number of hydrogen-bond acceptors (Lipinski definition) is 10. The summed E-state index contributed by atoms with van der Waals surface area (Å²) in [6.07, 6.45) is 9.86. The molecule has 10 atom stereocenters. The Morgan fingerprint density at radius 1 is 1.16 bits per heavy atom. The number of epoxide rings is 1. The molecule has 2 heterocycles. The van der Waals surface area contributed by atoms with Crippen LogP contribution in [0.25, 0.3) is 0 Å². The molecule has 292 valence electrons. The molecule has 1 saturated heterocycles. The van der Waals surface area contributed by atoms with E-state index in [4.69, 9.17) is 28.1 Å². The maximum Gasteiger partial charge on any atom is 0.332 e. The van der Waals surface area contributed by atoms with Crippen LogP contribution in [0, 0.1) is 17.8 Å². The van der Waals surface area contributed by atoms with E-state index in [1.54, 1.807) is 13.0 Å². The van der Waals surface area contributed by atoms with Gasteiger partial charge in [0, 0.05) is 25.4 Å². The fraction of sp³-hybridized carbons (Fsp3) is 0.775. The van der Waals surface area contributed by atoms with Crippen LogP contribution in [0.5, 0.6) is 0 Å². The van der Waals surface area contributed by atoms with Gasteiger partial charge in [-0.25, -0.2) is 4.79 Å². The maximum atomic E-state index is 13.5. The molecular weight excluding hydrogens is 669 g/mol. The van der Waals surface area contributed by atoms with Crippen molar-refractivity contribution in [2.45, 2.75) is 169 Å².